The van der Waals surface area contributed by atoms with Crippen LogP contribution in [0.3, 0.4) is 0 Å². The van der Waals surface area contributed by atoms with Crippen LogP contribution in [-0.4, -0.2) is 22.3 Å². The van der Waals surface area contributed by atoms with E-state index in [9.17, 15) is 15.0 Å². The number of aliphatic hydroxyl groups is 1. The minimum atomic E-state index is -0.682. The molecule has 0 saturated heterocycles. The maximum absolute atomic E-state index is 12.0. The summed E-state index contributed by atoms with van der Waals surface area (Å²) in [7, 11) is 0. The molecule has 3 saturated carbocycles. The van der Waals surface area contributed by atoms with Crippen LogP contribution in [0.15, 0.2) is 12.7 Å². The molecule has 0 aromatic carbocycles. The first-order valence-corrected chi connectivity index (χ1v) is 9.21. The molecule has 0 aromatic rings. The number of aliphatic carboxylic acids is 1. The van der Waals surface area contributed by atoms with Gasteiger partial charge in [-0.3, -0.25) is 4.79 Å². The van der Waals surface area contributed by atoms with Crippen molar-refractivity contribution in [3.63, 3.8) is 0 Å². The molecule has 130 valence electrons. The van der Waals surface area contributed by atoms with Gasteiger partial charge in [0, 0.05) is 0 Å². The van der Waals surface area contributed by atoms with Crippen molar-refractivity contribution in [2.24, 2.45) is 34.0 Å². The van der Waals surface area contributed by atoms with E-state index < -0.39 is 11.4 Å². The summed E-state index contributed by atoms with van der Waals surface area (Å²) in [6.07, 6.45) is 8.39. The molecule has 3 aliphatic rings. The highest BCUT2D eigenvalue weighted by atomic mass is 16.4. The topological polar surface area (TPSA) is 57.5 Å². The lowest BCUT2D eigenvalue weighted by atomic mass is 9.42. The minimum absolute atomic E-state index is 0.0534. The lowest BCUT2D eigenvalue weighted by Crippen LogP contribution is -2.60. The highest BCUT2D eigenvalue weighted by molar-refractivity contribution is 5.75. The first kappa shape index (κ1) is 17.0. The largest absolute Gasteiger partial charge is 0.481 e. The molecule has 0 bridgehead atoms. The van der Waals surface area contributed by atoms with E-state index in [1.807, 2.05) is 6.92 Å². The number of carbonyl (C=O) groups is 1. The molecule has 0 radical (unpaired) electrons. The molecule has 3 heteroatoms. The van der Waals surface area contributed by atoms with Crippen molar-refractivity contribution in [1.82, 2.24) is 0 Å². The lowest BCUT2D eigenvalue weighted by molar-refractivity contribution is -0.188. The van der Waals surface area contributed by atoms with Crippen LogP contribution < -0.4 is 0 Å². The quantitative estimate of drug-likeness (QED) is 0.748. The Labute approximate surface area is 140 Å². The van der Waals surface area contributed by atoms with E-state index in [1.54, 1.807) is 0 Å². The fourth-order valence-electron chi connectivity index (χ4n) is 6.45. The maximum atomic E-state index is 12.0. The Kier molecular flexibility index (Phi) is 3.95. The van der Waals surface area contributed by atoms with Crippen LogP contribution in [0.1, 0.15) is 65.7 Å². The van der Waals surface area contributed by atoms with Gasteiger partial charge in [0.1, 0.15) is 0 Å². The Hall–Kier alpha value is -0.830. The molecule has 7 atom stereocenters. The smallest absolute Gasteiger partial charge is 0.309 e. The summed E-state index contributed by atoms with van der Waals surface area (Å²) in [5.41, 5.74) is -0.508. The van der Waals surface area contributed by atoms with Gasteiger partial charge in [0.15, 0.2) is 0 Å². The number of allylic oxidation sites excluding steroid dienone is 1. The second kappa shape index (κ2) is 5.34. The average molecular weight is 320 g/mol. The van der Waals surface area contributed by atoms with Gasteiger partial charge < -0.3 is 10.2 Å². The molecule has 0 aromatic heterocycles. The number of carboxylic acids is 1. The van der Waals surface area contributed by atoms with Gasteiger partial charge >= 0.3 is 5.97 Å². The first-order valence-electron chi connectivity index (χ1n) is 9.21. The van der Waals surface area contributed by atoms with Gasteiger partial charge in [-0.05, 0) is 74.0 Å². The summed E-state index contributed by atoms with van der Waals surface area (Å²) < 4.78 is 0. The van der Waals surface area contributed by atoms with Gasteiger partial charge in [0.05, 0.1) is 11.5 Å². The monoisotopic (exact) mass is 320 g/mol. The Morgan fingerprint density at radius 2 is 1.91 bits per heavy atom. The van der Waals surface area contributed by atoms with Crippen LogP contribution in [0.4, 0.5) is 0 Å². The average Bonchev–Trinajstić information content (AvgIpc) is 2.50. The van der Waals surface area contributed by atoms with Gasteiger partial charge in [0.25, 0.3) is 0 Å². The molecule has 3 fully saturated rings. The van der Waals surface area contributed by atoms with Crippen LogP contribution in [0.2, 0.25) is 0 Å². The van der Waals surface area contributed by atoms with Gasteiger partial charge in [-0.15, -0.1) is 6.58 Å². The third kappa shape index (κ3) is 2.38. The van der Waals surface area contributed by atoms with E-state index >= 15 is 0 Å². The molecule has 0 amide bonds. The molecule has 0 spiro atoms. The summed E-state index contributed by atoms with van der Waals surface area (Å²) >= 11 is 0. The Morgan fingerprint density at radius 3 is 2.52 bits per heavy atom. The predicted molar refractivity (Wildman–Crippen MR) is 90.9 cm³/mol. The zero-order valence-corrected chi connectivity index (χ0v) is 14.8. The number of hydrogen-bond donors (Lipinski definition) is 2. The van der Waals surface area contributed by atoms with E-state index in [4.69, 9.17) is 0 Å². The van der Waals surface area contributed by atoms with Crippen molar-refractivity contribution >= 4 is 5.97 Å². The summed E-state index contributed by atoms with van der Waals surface area (Å²) in [6.45, 7) is 10.5. The fraction of sp³-hybridized carbons (Fsp3) is 0.850. The molecular formula is C20H32O3. The zero-order valence-electron chi connectivity index (χ0n) is 14.8. The second-order valence-corrected chi connectivity index (χ2v) is 9.31. The molecule has 23 heavy (non-hydrogen) atoms. The highest BCUT2D eigenvalue weighted by Crippen LogP contribution is 2.65. The predicted octanol–water partition coefficient (Wildman–Crippen LogP) is 4.26. The van der Waals surface area contributed by atoms with Gasteiger partial charge in [-0.25, -0.2) is 0 Å². The molecule has 3 aliphatic carbocycles. The Bertz CT molecular complexity index is 515. The molecule has 3 rings (SSSR count). The van der Waals surface area contributed by atoms with Crippen LogP contribution in [-0.2, 0) is 4.79 Å². The molecule has 3 nitrogen and oxygen atoms in total. The van der Waals surface area contributed by atoms with Crippen LogP contribution in [0.5, 0.6) is 0 Å². The summed E-state index contributed by atoms with van der Waals surface area (Å²) in [5, 5.41) is 20.7. The first-order chi connectivity index (χ1) is 10.7. The van der Waals surface area contributed by atoms with Crippen molar-refractivity contribution in [3.8, 4) is 0 Å². The standard InChI is InChI=1S/C20H32O3/c1-5-18(2)10-7-14-13(12-18)15(21)11-16-19(14,3)8-6-9-20(16,4)17(22)23/h5,13-16,21H,1,6-12H2,2-4H3,(H,22,23)/t13?,14-,15-,16+,18+,19+,20-/m1/s1. The van der Waals surface area contributed by atoms with E-state index in [2.05, 4.69) is 26.5 Å². The van der Waals surface area contributed by atoms with E-state index in [0.29, 0.717) is 18.3 Å². The minimum Gasteiger partial charge on any atom is -0.481 e. The lowest BCUT2D eigenvalue weighted by Gasteiger charge is -2.62. The number of aliphatic hydroxyl groups excluding tert-OH is 1. The van der Waals surface area contributed by atoms with E-state index in [0.717, 1.165) is 38.5 Å². The van der Waals surface area contributed by atoms with E-state index in [1.165, 1.54) is 0 Å². The third-order valence-electron chi connectivity index (χ3n) is 8.02. The molecule has 1 unspecified atom stereocenters. The summed E-state index contributed by atoms with van der Waals surface area (Å²) in [4.78, 5) is 12.0. The molecule has 0 aliphatic heterocycles. The normalized spacial score (nSPS) is 53.0. The van der Waals surface area contributed by atoms with Crippen molar-refractivity contribution in [2.75, 3.05) is 0 Å². The van der Waals surface area contributed by atoms with Gasteiger partial charge in [-0.2, -0.15) is 0 Å². The van der Waals surface area contributed by atoms with E-state index in [-0.39, 0.29) is 22.9 Å². The number of hydrogen-bond acceptors (Lipinski definition) is 2. The fourth-order valence-corrected chi connectivity index (χ4v) is 6.45. The van der Waals surface area contributed by atoms with Gasteiger partial charge in [-0.1, -0.05) is 26.3 Å². The molecule has 0 heterocycles. The number of carboxylic acid groups (broad SMARTS) is 1. The van der Waals surface area contributed by atoms with Gasteiger partial charge in [0.2, 0.25) is 0 Å². The summed E-state index contributed by atoms with van der Waals surface area (Å²) in [6, 6.07) is 0. The Morgan fingerprint density at radius 1 is 1.22 bits per heavy atom. The highest BCUT2D eigenvalue weighted by Gasteiger charge is 2.61. The number of rotatable bonds is 2. The molecular weight excluding hydrogens is 288 g/mol. The SMILES string of the molecule is C=C[C@@]1(C)CC[C@@H]2C(C1)[C@H](O)C[C@H]1[C@@]2(C)CCC[C@@]1(C)C(=O)O. The summed E-state index contributed by atoms with van der Waals surface area (Å²) in [5.74, 6) is 0.156. The van der Waals surface area contributed by atoms with Crippen molar-refractivity contribution < 1.29 is 15.0 Å². The van der Waals surface area contributed by atoms with Crippen molar-refractivity contribution in [3.05, 3.63) is 12.7 Å². The van der Waals surface area contributed by atoms with Crippen LogP contribution in [0.25, 0.3) is 0 Å². The third-order valence-corrected chi connectivity index (χ3v) is 8.02. The van der Waals surface area contributed by atoms with Crippen molar-refractivity contribution in [2.45, 2.75) is 71.8 Å². The number of fused-ring (bicyclic) bond motifs is 3. The maximum Gasteiger partial charge on any atom is 0.309 e. The van der Waals surface area contributed by atoms with Crippen molar-refractivity contribution in [1.29, 1.82) is 0 Å². The molecule has 2 N–H and O–H groups in total. The van der Waals surface area contributed by atoms with Crippen LogP contribution >= 0.6 is 0 Å². The Balaban J connectivity index is 1.96. The van der Waals surface area contributed by atoms with Crippen LogP contribution in [0, 0.1) is 34.0 Å². The zero-order chi connectivity index (χ0) is 17.0. The second-order valence-electron chi connectivity index (χ2n) is 9.31.